The molecule has 0 spiro atoms. The Morgan fingerprint density at radius 1 is 1.29 bits per heavy atom. The number of nitrogens with two attached hydrogens (primary N) is 1. The zero-order valence-corrected chi connectivity index (χ0v) is 9.29. The predicted molar refractivity (Wildman–Crippen MR) is 54.9 cm³/mol. The molecule has 0 saturated carbocycles. The smallest absolute Gasteiger partial charge is 0.323 e. The van der Waals surface area contributed by atoms with Gasteiger partial charge in [-0.3, -0.25) is 4.79 Å². The second-order valence-corrected chi connectivity index (χ2v) is 3.55. The SMILES string of the molecule is CCCOCCOC(=O)[C@H](N)C(C)C. The molecule has 0 fully saturated rings. The fraction of sp³-hybridized carbons (Fsp3) is 0.900. The van der Waals surface area contributed by atoms with Crippen molar-refractivity contribution < 1.29 is 14.3 Å². The predicted octanol–water partition coefficient (Wildman–Crippen LogP) is 0.940. The zero-order valence-electron chi connectivity index (χ0n) is 9.29. The largest absolute Gasteiger partial charge is 0.462 e. The van der Waals surface area contributed by atoms with Gasteiger partial charge in [-0.25, -0.2) is 0 Å². The molecule has 0 aliphatic rings. The van der Waals surface area contributed by atoms with Crippen LogP contribution in [0.3, 0.4) is 0 Å². The monoisotopic (exact) mass is 203 g/mol. The molecular weight excluding hydrogens is 182 g/mol. The molecule has 0 aliphatic heterocycles. The lowest BCUT2D eigenvalue weighted by Gasteiger charge is -2.14. The van der Waals surface area contributed by atoms with E-state index >= 15 is 0 Å². The maximum absolute atomic E-state index is 11.2. The van der Waals surface area contributed by atoms with Gasteiger partial charge in [-0.2, -0.15) is 0 Å². The maximum atomic E-state index is 11.2. The van der Waals surface area contributed by atoms with Gasteiger partial charge >= 0.3 is 5.97 Å². The van der Waals surface area contributed by atoms with Crippen molar-refractivity contribution in [3.63, 3.8) is 0 Å². The summed E-state index contributed by atoms with van der Waals surface area (Å²) >= 11 is 0. The third kappa shape index (κ3) is 5.94. The van der Waals surface area contributed by atoms with Crippen molar-refractivity contribution in [2.75, 3.05) is 19.8 Å². The number of esters is 1. The highest BCUT2D eigenvalue weighted by Gasteiger charge is 2.18. The first-order chi connectivity index (χ1) is 6.59. The third-order valence-corrected chi connectivity index (χ3v) is 1.81. The molecule has 1 atom stereocenters. The van der Waals surface area contributed by atoms with Gasteiger partial charge in [-0.15, -0.1) is 0 Å². The number of carbonyl (C=O) groups is 1. The van der Waals surface area contributed by atoms with Crippen molar-refractivity contribution in [2.24, 2.45) is 11.7 Å². The Kier molecular flexibility index (Phi) is 7.42. The van der Waals surface area contributed by atoms with Crippen molar-refractivity contribution >= 4 is 5.97 Å². The summed E-state index contributed by atoms with van der Waals surface area (Å²) in [5, 5.41) is 0. The normalized spacial score (nSPS) is 12.9. The molecule has 0 saturated heterocycles. The van der Waals surface area contributed by atoms with Crippen molar-refractivity contribution in [1.29, 1.82) is 0 Å². The molecule has 4 nitrogen and oxygen atoms in total. The van der Waals surface area contributed by atoms with E-state index in [9.17, 15) is 4.79 Å². The minimum absolute atomic E-state index is 0.110. The average molecular weight is 203 g/mol. The molecular formula is C10H21NO3. The van der Waals surface area contributed by atoms with E-state index in [0.717, 1.165) is 6.42 Å². The van der Waals surface area contributed by atoms with Gasteiger partial charge in [0.1, 0.15) is 12.6 Å². The van der Waals surface area contributed by atoms with Crippen LogP contribution >= 0.6 is 0 Å². The Labute approximate surface area is 85.8 Å². The second kappa shape index (κ2) is 7.76. The Morgan fingerprint density at radius 2 is 1.93 bits per heavy atom. The summed E-state index contributed by atoms with van der Waals surface area (Å²) in [4.78, 5) is 11.2. The molecule has 84 valence electrons. The minimum Gasteiger partial charge on any atom is -0.462 e. The first-order valence-corrected chi connectivity index (χ1v) is 5.09. The van der Waals surface area contributed by atoms with E-state index in [0.29, 0.717) is 19.8 Å². The summed E-state index contributed by atoms with van der Waals surface area (Å²) in [6.07, 6.45) is 0.972. The van der Waals surface area contributed by atoms with E-state index in [2.05, 4.69) is 0 Å². The highest BCUT2D eigenvalue weighted by Crippen LogP contribution is 2.00. The number of carbonyl (C=O) groups excluding carboxylic acids is 1. The van der Waals surface area contributed by atoms with Crippen molar-refractivity contribution in [1.82, 2.24) is 0 Å². The molecule has 4 heteroatoms. The highest BCUT2D eigenvalue weighted by atomic mass is 16.6. The van der Waals surface area contributed by atoms with E-state index in [1.807, 2.05) is 20.8 Å². The van der Waals surface area contributed by atoms with E-state index in [1.165, 1.54) is 0 Å². The van der Waals surface area contributed by atoms with Crippen molar-refractivity contribution in [2.45, 2.75) is 33.2 Å². The molecule has 0 amide bonds. The van der Waals surface area contributed by atoms with Gasteiger partial charge in [0.15, 0.2) is 0 Å². The summed E-state index contributed by atoms with van der Waals surface area (Å²) in [7, 11) is 0. The third-order valence-electron chi connectivity index (χ3n) is 1.81. The Balaban J connectivity index is 3.44. The van der Waals surface area contributed by atoms with Gasteiger partial charge in [0.25, 0.3) is 0 Å². The van der Waals surface area contributed by atoms with Gasteiger partial charge in [-0.1, -0.05) is 20.8 Å². The Hall–Kier alpha value is -0.610. The molecule has 0 rings (SSSR count). The van der Waals surface area contributed by atoms with Crippen LogP contribution in [0.2, 0.25) is 0 Å². The van der Waals surface area contributed by atoms with Crippen LogP contribution in [0.15, 0.2) is 0 Å². The van der Waals surface area contributed by atoms with Crippen LogP contribution in [-0.4, -0.2) is 31.8 Å². The molecule has 0 unspecified atom stereocenters. The van der Waals surface area contributed by atoms with Crippen LogP contribution in [0.5, 0.6) is 0 Å². The van der Waals surface area contributed by atoms with Gasteiger partial charge < -0.3 is 15.2 Å². The molecule has 2 N–H and O–H groups in total. The minimum atomic E-state index is -0.527. The average Bonchev–Trinajstić information content (AvgIpc) is 2.16. The highest BCUT2D eigenvalue weighted by molar-refractivity contribution is 5.75. The van der Waals surface area contributed by atoms with E-state index in [4.69, 9.17) is 15.2 Å². The molecule has 0 bridgehead atoms. The molecule has 0 aliphatic carbocycles. The van der Waals surface area contributed by atoms with Gasteiger partial charge in [0.05, 0.1) is 6.61 Å². The number of ether oxygens (including phenoxy) is 2. The standard InChI is InChI=1S/C10H21NO3/c1-4-5-13-6-7-14-10(12)9(11)8(2)3/h8-9H,4-7,11H2,1-3H3/t9-/m1/s1. The lowest BCUT2D eigenvalue weighted by molar-refractivity contribution is -0.147. The maximum Gasteiger partial charge on any atom is 0.323 e. The lowest BCUT2D eigenvalue weighted by Crippen LogP contribution is -2.37. The van der Waals surface area contributed by atoms with Gasteiger partial charge in [-0.05, 0) is 12.3 Å². The molecule has 0 heterocycles. The topological polar surface area (TPSA) is 61.5 Å². The summed E-state index contributed by atoms with van der Waals surface area (Å²) in [6.45, 7) is 7.25. The zero-order chi connectivity index (χ0) is 11.0. The summed E-state index contributed by atoms with van der Waals surface area (Å²) in [5.74, 6) is -0.237. The van der Waals surface area contributed by atoms with E-state index < -0.39 is 6.04 Å². The summed E-state index contributed by atoms with van der Waals surface area (Å²) in [5.41, 5.74) is 5.59. The number of rotatable bonds is 7. The number of hydrogen-bond donors (Lipinski definition) is 1. The summed E-state index contributed by atoms with van der Waals surface area (Å²) in [6, 6.07) is -0.527. The molecule has 0 aromatic rings. The van der Waals surface area contributed by atoms with Crippen LogP contribution in [0.4, 0.5) is 0 Å². The molecule has 0 aromatic heterocycles. The first kappa shape index (κ1) is 13.4. The Bertz CT molecular complexity index is 159. The first-order valence-electron chi connectivity index (χ1n) is 5.09. The fourth-order valence-corrected chi connectivity index (χ4v) is 0.816. The van der Waals surface area contributed by atoms with Gasteiger partial charge in [0.2, 0.25) is 0 Å². The van der Waals surface area contributed by atoms with Crippen molar-refractivity contribution in [3.8, 4) is 0 Å². The van der Waals surface area contributed by atoms with Crippen LogP contribution in [0.25, 0.3) is 0 Å². The molecule has 0 radical (unpaired) electrons. The van der Waals surface area contributed by atoms with Crippen LogP contribution in [0.1, 0.15) is 27.2 Å². The van der Waals surface area contributed by atoms with Crippen molar-refractivity contribution in [3.05, 3.63) is 0 Å². The second-order valence-electron chi connectivity index (χ2n) is 3.55. The van der Waals surface area contributed by atoms with E-state index in [1.54, 1.807) is 0 Å². The lowest BCUT2D eigenvalue weighted by atomic mass is 10.1. The molecule has 14 heavy (non-hydrogen) atoms. The summed E-state index contributed by atoms with van der Waals surface area (Å²) < 4.78 is 10.1. The molecule has 0 aromatic carbocycles. The Morgan fingerprint density at radius 3 is 2.43 bits per heavy atom. The van der Waals surface area contributed by atoms with Crippen LogP contribution in [0, 0.1) is 5.92 Å². The van der Waals surface area contributed by atoms with E-state index in [-0.39, 0.29) is 11.9 Å². The fourth-order valence-electron chi connectivity index (χ4n) is 0.816. The number of hydrogen-bond acceptors (Lipinski definition) is 4. The van der Waals surface area contributed by atoms with Gasteiger partial charge in [0, 0.05) is 6.61 Å². The van der Waals surface area contributed by atoms with Crippen LogP contribution < -0.4 is 5.73 Å². The van der Waals surface area contributed by atoms with Crippen LogP contribution in [-0.2, 0) is 14.3 Å². The quantitative estimate of drug-likeness (QED) is 0.494.